The van der Waals surface area contributed by atoms with Gasteiger partial charge in [-0.2, -0.15) is 0 Å². The van der Waals surface area contributed by atoms with Crippen molar-refractivity contribution >= 4 is 23.7 Å². The molecule has 0 aromatic carbocycles. The number of aliphatic carboxylic acids is 1. The van der Waals surface area contributed by atoms with Crippen LogP contribution in [-0.2, 0) is 14.4 Å². The highest BCUT2D eigenvalue weighted by atomic mass is 16.4. The number of hydrogen-bond acceptors (Lipinski definition) is 5. The highest BCUT2D eigenvalue weighted by molar-refractivity contribution is 5.78. The Hall–Kier alpha value is -2.36. The minimum Gasteiger partial charge on any atom is -0.481 e. The number of amides is 2. The second-order valence-electron chi connectivity index (χ2n) is 5.63. The number of carboxylic acid groups (broad SMARTS) is 1. The molecule has 0 aromatic heterocycles. The van der Waals surface area contributed by atoms with Crippen LogP contribution in [-0.4, -0.2) is 59.7 Å². The average molecular weight is 359 g/mol. The largest absolute Gasteiger partial charge is 0.481 e. The Kier molecular flexibility index (Phi) is 12.7. The number of nitrogens with two attached hydrogens (primary N) is 2. The van der Waals surface area contributed by atoms with Crippen LogP contribution in [0.3, 0.4) is 0 Å². The van der Waals surface area contributed by atoms with Crippen molar-refractivity contribution in [1.29, 1.82) is 0 Å². The Balaban J connectivity index is 3.62. The number of carboxylic acids is 1. The van der Waals surface area contributed by atoms with Crippen molar-refractivity contribution in [1.82, 2.24) is 10.6 Å². The SMILES string of the molecule is NC(N)=NCCCCCCC(=O)NCC(O)CC(=O)NCCC(=O)O. The monoisotopic (exact) mass is 359 g/mol. The summed E-state index contributed by atoms with van der Waals surface area (Å²) in [6.45, 7) is 0.571. The molecule has 2 amide bonds. The van der Waals surface area contributed by atoms with E-state index in [0.717, 1.165) is 25.7 Å². The number of rotatable bonds is 14. The molecule has 0 aromatic rings. The summed E-state index contributed by atoms with van der Waals surface area (Å²) in [5, 5.41) is 23.1. The summed E-state index contributed by atoms with van der Waals surface area (Å²) in [5.74, 6) is -1.57. The van der Waals surface area contributed by atoms with E-state index in [4.69, 9.17) is 16.6 Å². The Morgan fingerprint density at radius 3 is 2.28 bits per heavy atom. The molecule has 0 aliphatic heterocycles. The van der Waals surface area contributed by atoms with Crippen LogP contribution in [0.15, 0.2) is 4.99 Å². The molecule has 144 valence electrons. The first-order chi connectivity index (χ1) is 11.8. The van der Waals surface area contributed by atoms with Crippen molar-refractivity contribution in [3.63, 3.8) is 0 Å². The molecule has 0 radical (unpaired) electrons. The van der Waals surface area contributed by atoms with Crippen molar-refractivity contribution in [2.24, 2.45) is 16.5 Å². The normalized spacial score (nSPS) is 11.4. The Labute approximate surface area is 147 Å². The maximum absolute atomic E-state index is 11.6. The summed E-state index contributed by atoms with van der Waals surface area (Å²) in [5.41, 5.74) is 10.4. The second-order valence-corrected chi connectivity index (χ2v) is 5.63. The second kappa shape index (κ2) is 14.0. The zero-order chi connectivity index (χ0) is 19.1. The lowest BCUT2D eigenvalue weighted by atomic mass is 10.1. The molecule has 0 rings (SSSR count). The fourth-order valence-corrected chi connectivity index (χ4v) is 1.95. The summed E-state index contributed by atoms with van der Waals surface area (Å²) < 4.78 is 0. The van der Waals surface area contributed by atoms with Gasteiger partial charge in [-0.1, -0.05) is 12.8 Å². The number of hydrogen-bond donors (Lipinski definition) is 6. The predicted octanol–water partition coefficient (Wildman–Crippen LogP) is -1.33. The number of nitrogens with zero attached hydrogens (tertiary/aromatic N) is 1. The van der Waals surface area contributed by atoms with Gasteiger partial charge in [-0.05, 0) is 12.8 Å². The summed E-state index contributed by atoms with van der Waals surface area (Å²) in [6.07, 6.45) is 2.35. The van der Waals surface area contributed by atoms with Gasteiger partial charge in [0.15, 0.2) is 5.96 Å². The first kappa shape index (κ1) is 22.6. The molecule has 8 N–H and O–H groups in total. The first-order valence-corrected chi connectivity index (χ1v) is 8.30. The van der Waals surface area contributed by atoms with Crippen molar-refractivity contribution < 1.29 is 24.6 Å². The molecule has 0 heterocycles. The summed E-state index contributed by atoms with van der Waals surface area (Å²) >= 11 is 0. The van der Waals surface area contributed by atoms with Gasteiger partial charge in [0.05, 0.1) is 18.9 Å². The number of unbranched alkanes of at least 4 members (excludes halogenated alkanes) is 3. The predicted molar refractivity (Wildman–Crippen MR) is 92.7 cm³/mol. The fourth-order valence-electron chi connectivity index (χ4n) is 1.95. The van der Waals surface area contributed by atoms with E-state index in [1.807, 2.05) is 0 Å². The molecule has 0 bridgehead atoms. The van der Waals surface area contributed by atoms with E-state index in [2.05, 4.69) is 15.6 Å². The number of carbonyl (C=O) groups is 3. The van der Waals surface area contributed by atoms with E-state index in [0.29, 0.717) is 13.0 Å². The smallest absolute Gasteiger partial charge is 0.305 e. The van der Waals surface area contributed by atoms with Crippen LogP contribution >= 0.6 is 0 Å². The van der Waals surface area contributed by atoms with E-state index in [1.165, 1.54) is 0 Å². The van der Waals surface area contributed by atoms with Gasteiger partial charge >= 0.3 is 5.97 Å². The highest BCUT2D eigenvalue weighted by Crippen LogP contribution is 2.03. The molecule has 25 heavy (non-hydrogen) atoms. The van der Waals surface area contributed by atoms with Gasteiger partial charge in [-0.3, -0.25) is 19.4 Å². The molecular weight excluding hydrogens is 330 g/mol. The van der Waals surface area contributed by atoms with Crippen LogP contribution in [0.4, 0.5) is 0 Å². The van der Waals surface area contributed by atoms with Gasteiger partial charge in [0.2, 0.25) is 11.8 Å². The minimum absolute atomic E-state index is 0.0103. The van der Waals surface area contributed by atoms with E-state index < -0.39 is 18.0 Å². The van der Waals surface area contributed by atoms with E-state index in [-0.39, 0.29) is 37.8 Å². The van der Waals surface area contributed by atoms with Crippen molar-refractivity contribution in [2.75, 3.05) is 19.6 Å². The summed E-state index contributed by atoms with van der Waals surface area (Å²) in [4.78, 5) is 37.2. The van der Waals surface area contributed by atoms with Crippen molar-refractivity contribution in [3.05, 3.63) is 0 Å². The molecule has 1 unspecified atom stereocenters. The summed E-state index contributed by atoms with van der Waals surface area (Å²) in [6, 6.07) is 0. The maximum atomic E-state index is 11.6. The third kappa shape index (κ3) is 16.3. The topological polar surface area (TPSA) is 180 Å². The third-order valence-corrected chi connectivity index (χ3v) is 3.22. The molecule has 0 fully saturated rings. The highest BCUT2D eigenvalue weighted by Gasteiger charge is 2.12. The number of aliphatic imine (C=N–C) groups is 1. The molecule has 0 aliphatic rings. The van der Waals surface area contributed by atoms with E-state index >= 15 is 0 Å². The number of guanidine groups is 1. The van der Waals surface area contributed by atoms with Gasteiger partial charge in [0.1, 0.15) is 0 Å². The first-order valence-electron chi connectivity index (χ1n) is 8.30. The lowest BCUT2D eigenvalue weighted by Gasteiger charge is -2.12. The van der Waals surface area contributed by atoms with Gasteiger partial charge in [0.25, 0.3) is 0 Å². The quantitative estimate of drug-likeness (QED) is 0.126. The number of aliphatic hydroxyl groups excluding tert-OH is 1. The van der Waals surface area contributed by atoms with Crippen molar-refractivity contribution in [2.45, 2.75) is 51.0 Å². The Morgan fingerprint density at radius 1 is 0.960 bits per heavy atom. The average Bonchev–Trinajstić information content (AvgIpc) is 2.51. The molecule has 0 saturated heterocycles. The molecule has 0 spiro atoms. The maximum Gasteiger partial charge on any atom is 0.305 e. The minimum atomic E-state index is -1.01. The molecule has 10 nitrogen and oxygen atoms in total. The standard InChI is InChI=1S/C15H29N5O5/c16-15(17)19-7-4-2-1-3-5-12(22)20-10-11(21)9-13(23)18-8-6-14(24)25/h11,21H,1-10H2,(H,18,23)(H,20,22)(H,24,25)(H4,16,17,19). The molecule has 0 aliphatic carbocycles. The van der Waals surface area contributed by atoms with Crippen LogP contribution < -0.4 is 22.1 Å². The summed E-state index contributed by atoms with van der Waals surface area (Å²) in [7, 11) is 0. The molecular formula is C15H29N5O5. The number of carbonyl (C=O) groups excluding carboxylic acids is 2. The fraction of sp³-hybridized carbons (Fsp3) is 0.733. The zero-order valence-corrected chi connectivity index (χ0v) is 14.4. The van der Waals surface area contributed by atoms with Crippen LogP contribution in [0.5, 0.6) is 0 Å². The van der Waals surface area contributed by atoms with Crippen LogP contribution in [0.1, 0.15) is 44.9 Å². The third-order valence-electron chi connectivity index (χ3n) is 3.22. The van der Waals surface area contributed by atoms with Gasteiger partial charge in [-0.25, -0.2) is 0 Å². The molecule has 0 saturated carbocycles. The van der Waals surface area contributed by atoms with Gasteiger partial charge < -0.3 is 32.3 Å². The van der Waals surface area contributed by atoms with Gasteiger partial charge in [-0.15, -0.1) is 0 Å². The van der Waals surface area contributed by atoms with Crippen LogP contribution in [0, 0.1) is 0 Å². The van der Waals surface area contributed by atoms with Crippen LogP contribution in [0.2, 0.25) is 0 Å². The van der Waals surface area contributed by atoms with Gasteiger partial charge in [0, 0.05) is 26.1 Å². The Morgan fingerprint density at radius 2 is 1.64 bits per heavy atom. The van der Waals surface area contributed by atoms with Crippen molar-refractivity contribution in [3.8, 4) is 0 Å². The lowest BCUT2D eigenvalue weighted by molar-refractivity contribution is -0.137. The van der Waals surface area contributed by atoms with Crippen LogP contribution in [0.25, 0.3) is 0 Å². The lowest BCUT2D eigenvalue weighted by Crippen LogP contribution is -2.36. The number of nitrogens with one attached hydrogen (secondary N) is 2. The van der Waals surface area contributed by atoms with E-state index in [1.54, 1.807) is 0 Å². The van der Waals surface area contributed by atoms with E-state index in [9.17, 15) is 19.5 Å². The zero-order valence-electron chi connectivity index (χ0n) is 14.4. The Bertz CT molecular complexity index is 452. The molecule has 1 atom stereocenters. The number of aliphatic hydroxyl groups is 1. The molecule has 10 heteroatoms.